The van der Waals surface area contributed by atoms with E-state index in [1.807, 2.05) is 48.6 Å². The zero-order valence-corrected chi connectivity index (χ0v) is 11.2. The van der Waals surface area contributed by atoms with E-state index in [-0.39, 0.29) is 11.0 Å². The van der Waals surface area contributed by atoms with E-state index >= 15 is 0 Å². The van der Waals surface area contributed by atoms with E-state index in [2.05, 4.69) is 6.92 Å². The summed E-state index contributed by atoms with van der Waals surface area (Å²) in [4.78, 5) is -0.344. The van der Waals surface area contributed by atoms with E-state index in [0.29, 0.717) is 6.54 Å². The van der Waals surface area contributed by atoms with Gasteiger partial charge < -0.3 is 10.5 Å². The summed E-state index contributed by atoms with van der Waals surface area (Å²) in [6.45, 7) is 2.61. The molecule has 18 heavy (non-hydrogen) atoms. The van der Waals surface area contributed by atoms with Gasteiger partial charge in [-0.1, -0.05) is 31.2 Å². The lowest BCUT2D eigenvalue weighted by Gasteiger charge is -2.23. The highest BCUT2D eigenvalue weighted by molar-refractivity contribution is 6.26. The summed E-state index contributed by atoms with van der Waals surface area (Å²) in [7, 11) is 0. The predicted octanol–water partition coefficient (Wildman–Crippen LogP) is 3.41. The molecule has 0 atom stereocenters. The van der Waals surface area contributed by atoms with Gasteiger partial charge in [-0.25, -0.2) is 0 Å². The molecule has 0 amide bonds. The van der Waals surface area contributed by atoms with Gasteiger partial charge in [0.2, 0.25) is 0 Å². The lowest BCUT2D eigenvalue weighted by Crippen LogP contribution is -2.22. The molecule has 0 unspecified atom stereocenters. The molecule has 1 aliphatic rings. The molecule has 2 N–H and O–H groups in total. The molecule has 1 aromatic carbocycles. The highest BCUT2D eigenvalue weighted by atomic mass is 35.5. The Labute approximate surface area is 113 Å². The summed E-state index contributed by atoms with van der Waals surface area (Å²) in [5, 5.41) is 0. The summed E-state index contributed by atoms with van der Waals surface area (Å²) in [6, 6.07) is 7.82. The van der Waals surface area contributed by atoms with Crippen LogP contribution < -0.4 is 10.5 Å². The molecule has 0 aliphatic heterocycles. The fraction of sp³-hybridized carbons (Fsp3) is 0.333. The zero-order valence-electron chi connectivity index (χ0n) is 10.5. The molecule has 0 saturated carbocycles. The van der Waals surface area contributed by atoms with Gasteiger partial charge in [0.05, 0.1) is 4.87 Å². The normalized spacial score (nSPS) is 26.3. The molecule has 0 aromatic heterocycles. The molecule has 2 rings (SSSR count). The smallest absolute Gasteiger partial charge is 0.135 e. The Morgan fingerprint density at radius 1 is 1.22 bits per heavy atom. The van der Waals surface area contributed by atoms with Crippen LogP contribution in [0.4, 0.5) is 0 Å². The van der Waals surface area contributed by atoms with Crippen molar-refractivity contribution in [2.24, 2.45) is 5.73 Å². The highest BCUT2D eigenvalue weighted by Crippen LogP contribution is 2.28. The molecule has 0 fully saturated rings. The van der Waals surface area contributed by atoms with E-state index in [1.54, 1.807) is 0 Å². The number of nitrogens with two attached hydrogens (primary N) is 1. The van der Waals surface area contributed by atoms with Crippen LogP contribution in [0.1, 0.15) is 18.9 Å². The lowest BCUT2D eigenvalue weighted by molar-refractivity contribution is 0.293. The number of alkyl halides is 1. The number of hydrogen-bond donors (Lipinski definition) is 1. The van der Waals surface area contributed by atoms with Gasteiger partial charge in [0.15, 0.2) is 0 Å². The van der Waals surface area contributed by atoms with E-state index in [9.17, 15) is 0 Å². The van der Waals surface area contributed by atoms with Crippen LogP contribution in [0, 0.1) is 0 Å². The third-order valence-corrected chi connectivity index (χ3v) is 3.62. The van der Waals surface area contributed by atoms with Crippen molar-refractivity contribution in [1.29, 1.82) is 0 Å². The zero-order chi connectivity index (χ0) is 13.0. The first-order chi connectivity index (χ1) is 8.65. The third kappa shape index (κ3) is 3.15. The van der Waals surface area contributed by atoms with Gasteiger partial charge in [-0.15, -0.1) is 11.6 Å². The van der Waals surface area contributed by atoms with Crippen molar-refractivity contribution in [3.8, 4) is 5.75 Å². The van der Waals surface area contributed by atoms with Gasteiger partial charge in [0, 0.05) is 6.54 Å². The second kappa shape index (κ2) is 5.59. The van der Waals surface area contributed by atoms with Crippen molar-refractivity contribution in [3.05, 3.63) is 54.1 Å². The quantitative estimate of drug-likeness (QED) is 0.667. The molecular formula is C15H18ClNO. The average molecular weight is 264 g/mol. The van der Waals surface area contributed by atoms with Gasteiger partial charge >= 0.3 is 0 Å². The van der Waals surface area contributed by atoms with E-state index in [1.165, 1.54) is 0 Å². The fourth-order valence-electron chi connectivity index (χ4n) is 1.80. The Hall–Kier alpha value is -1.25. The minimum atomic E-state index is -0.344. The molecule has 0 spiro atoms. The number of allylic oxidation sites excluding steroid dienone is 2. The van der Waals surface area contributed by atoms with Gasteiger partial charge in [-0.2, -0.15) is 0 Å². The Bertz CT molecular complexity index is 436. The van der Waals surface area contributed by atoms with Crippen molar-refractivity contribution in [2.45, 2.75) is 30.9 Å². The van der Waals surface area contributed by atoms with Gasteiger partial charge in [-0.05, 0) is 36.3 Å². The largest absolute Gasteiger partial charge is 0.482 e. The maximum Gasteiger partial charge on any atom is 0.135 e. The second-order valence-corrected chi connectivity index (χ2v) is 5.13. The van der Waals surface area contributed by atoms with Crippen molar-refractivity contribution in [2.75, 3.05) is 0 Å². The van der Waals surface area contributed by atoms with Crippen LogP contribution in [0.2, 0.25) is 0 Å². The molecule has 3 heteroatoms. The van der Waals surface area contributed by atoms with Crippen LogP contribution >= 0.6 is 11.6 Å². The summed E-state index contributed by atoms with van der Waals surface area (Å²) < 4.78 is 5.82. The van der Waals surface area contributed by atoms with Crippen molar-refractivity contribution < 1.29 is 4.74 Å². The first kappa shape index (κ1) is 13.2. The van der Waals surface area contributed by atoms with Gasteiger partial charge in [0.25, 0.3) is 0 Å². The van der Waals surface area contributed by atoms with Gasteiger partial charge in [0.1, 0.15) is 11.9 Å². The Balaban J connectivity index is 1.99. The topological polar surface area (TPSA) is 35.2 Å². The van der Waals surface area contributed by atoms with Crippen LogP contribution in [0.3, 0.4) is 0 Å². The standard InChI is InChI=1S/C15H18ClNO/c1-2-15(16)9-7-14(8-10-15)18-13-5-3-12(11-17)4-6-13/h3-10,14H,2,11,17H2,1H3. The minimum absolute atomic E-state index is 0.0489. The summed E-state index contributed by atoms with van der Waals surface area (Å²) in [5.41, 5.74) is 6.65. The summed E-state index contributed by atoms with van der Waals surface area (Å²) in [5.74, 6) is 0.838. The molecule has 0 bridgehead atoms. The number of halogens is 1. The number of hydrogen-bond acceptors (Lipinski definition) is 2. The molecule has 96 valence electrons. The van der Waals surface area contributed by atoms with Crippen molar-refractivity contribution in [1.82, 2.24) is 0 Å². The van der Waals surface area contributed by atoms with Crippen LogP contribution in [-0.4, -0.2) is 11.0 Å². The molecule has 0 saturated heterocycles. The van der Waals surface area contributed by atoms with Crippen LogP contribution in [0.15, 0.2) is 48.6 Å². The number of rotatable bonds is 4. The Kier molecular flexibility index (Phi) is 4.10. The van der Waals surface area contributed by atoms with Crippen LogP contribution in [0.25, 0.3) is 0 Å². The molecule has 0 radical (unpaired) electrons. The number of ether oxygens (including phenoxy) is 1. The monoisotopic (exact) mass is 263 g/mol. The van der Waals surface area contributed by atoms with E-state index < -0.39 is 0 Å². The molecule has 1 aromatic rings. The van der Waals surface area contributed by atoms with Crippen LogP contribution in [0.5, 0.6) is 5.75 Å². The molecule has 1 aliphatic carbocycles. The lowest BCUT2D eigenvalue weighted by atomic mass is 9.98. The molecule has 2 nitrogen and oxygen atoms in total. The van der Waals surface area contributed by atoms with Gasteiger partial charge in [-0.3, -0.25) is 0 Å². The predicted molar refractivity (Wildman–Crippen MR) is 75.9 cm³/mol. The second-order valence-electron chi connectivity index (χ2n) is 4.43. The summed E-state index contributed by atoms with van der Waals surface area (Å²) in [6.07, 6.45) is 8.80. The maximum atomic E-state index is 6.32. The fourth-order valence-corrected chi connectivity index (χ4v) is 1.95. The third-order valence-electron chi connectivity index (χ3n) is 3.10. The first-order valence-electron chi connectivity index (χ1n) is 6.18. The van der Waals surface area contributed by atoms with Crippen molar-refractivity contribution in [3.63, 3.8) is 0 Å². The Morgan fingerprint density at radius 2 is 1.83 bits per heavy atom. The molecular weight excluding hydrogens is 246 g/mol. The highest BCUT2D eigenvalue weighted by Gasteiger charge is 2.22. The number of benzene rings is 1. The summed E-state index contributed by atoms with van der Waals surface area (Å²) >= 11 is 6.32. The SMILES string of the molecule is CCC1(Cl)C=CC(Oc2ccc(CN)cc2)C=C1. The van der Waals surface area contributed by atoms with E-state index in [4.69, 9.17) is 22.1 Å². The van der Waals surface area contributed by atoms with Crippen LogP contribution in [-0.2, 0) is 6.54 Å². The average Bonchev–Trinajstić information content (AvgIpc) is 2.42. The Morgan fingerprint density at radius 3 is 2.33 bits per heavy atom. The minimum Gasteiger partial charge on any atom is -0.482 e. The molecule has 0 heterocycles. The van der Waals surface area contributed by atoms with E-state index in [0.717, 1.165) is 17.7 Å². The maximum absolute atomic E-state index is 6.32. The first-order valence-corrected chi connectivity index (χ1v) is 6.56. The van der Waals surface area contributed by atoms with Crippen molar-refractivity contribution >= 4 is 11.6 Å².